The molecule has 0 atom stereocenters. The van der Waals surface area contributed by atoms with Crippen LogP contribution in [0, 0.1) is 5.82 Å². The SMILES string of the molecule is OCCCN(CCO)Cc1cccc(F)c1. The largest absolute Gasteiger partial charge is 0.396 e. The van der Waals surface area contributed by atoms with Gasteiger partial charge in [-0.05, 0) is 24.1 Å². The van der Waals surface area contributed by atoms with E-state index >= 15 is 0 Å². The molecule has 1 aromatic rings. The predicted octanol–water partition coefficient (Wildman–Crippen LogP) is 1.00. The molecule has 0 spiro atoms. The molecule has 3 nitrogen and oxygen atoms in total. The van der Waals surface area contributed by atoms with Crippen LogP contribution in [-0.2, 0) is 6.54 Å². The Morgan fingerprint density at radius 3 is 2.56 bits per heavy atom. The van der Waals surface area contributed by atoms with Crippen LogP contribution < -0.4 is 0 Å². The first-order chi connectivity index (χ1) is 7.76. The minimum Gasteiger partial charge on any atom is -0.396 e. The van der Waals surface area contributed by atoms with Gasteiger partial charge >= 0.3 is 0 Å². The van der Waals surface area contributed by atoms with E-state index in [-0.39, 0.29) is 19.0 Å². The second-order valence-electron chi connectivity index (χ2n) is 3.71. The van der Waals surface area contributed by atoms with Crippen molar-refractivity contribution < 1.29 is 14.6 Å². The molecule has 0 aliphatic carbocycles. The average Bonchev–Trinajstić information content (AvgIpc) is 2.26. The molecule has 0 heterocycles. The van der Waals surface area contributed by atoms with Crippen LogP contribution in [0.5, 0.6) is 0 Å². The van der Waals surface area contributed by atoms with E-state index in [9.17, 15) is 4.39 Å². The van der Waals surface area contributed by atoms with Crippen LogP contribution in [-0.4, -0.2) is 41.4 Å². The summed E-state index contributed by atoms with van der Waals surface area (Å²) in [5, 5.41) is 17.6. The third-order valence-corrected chi connectivity index (χ3v) is 2.34. The Labute approximate surface area is 95.1 Å². The van der Waals surface area contributed by atoms with Crippen LogP contribution in [0.2, 0.25) is 0 Å². The molecule has 2 N–H and O–H groups in total. The summed E-state index contributed by atoms with van der Waals surface area (Å²) >= 11 is 0. The summed E-state index contributed by atoms with van der Waals surface area (Å²) in [6.45, 7) is 2.04. The van der Waals surface area contributed by atoms with Crippen molar-refractivity contribution in [3.8, 4) is 0 Å². The summed E-state index contributed by atoms with van der Waals surface area (Å²) in [5.74, 6) is -0.247. The zero-order chi connectivity index (χ0) is 11.8. The Morgan fingerprint density at radius 1 is 1.12 bits per heavy atom. The first-order valence-corrected chi connectivity index (χ1v) is 5.45. The fraction of sp³-hybridized carbons (Fsp3) is 0.500. The van der Waals surface area contributed by atoms with Gasteiger partial charge in [-0.15, -0.1) is 0 Å². The minimum atomic E-state index is -0.247. The molecule has 0 aliphatic heterocycles. The number of rotatable bonds is 7. The van der Waals surface area contributed by atoms with Crippen molar-refractivity contribution in [2.45, 2.75) is 13.0 Å². The van der Waals surface area contributed by atoms with Crippen LogP contribution in [0.15, 0.2) is 24.3 Å². The van der Waals surface area contributed by atoms with Gasteiger partial charge in [-0.25, -0.2) is 4.39 Å². The Morgan fingerprint density at radius 2 is 1.94 bits per heavy atom. The minimum absolute atomic E-state index is 0.0702. The van der Waals surface area contributed by atoms with E-state index in [1.165, 1.54) is 12.1 Å². The summed E-state index contributed by atoms with van der Waals surface area (Å²) < 4.78 is 12.9. The van der Waals surface area contributed by atoms with Crippen LogP contribution in [0.4, 0.5) is 4.39 Å². The molecular weight excluding hydrogens is 209 g/mol. The van der Waals surface area contributed by atoms with Crippen molar-refractivity contribution in [1.82, 2.24) is 4.90 Å². The standard InChI is InChI=1S/C12H18FNO2/c13-12-4-1-3-11(9-12)10-14(6-8-16)5-2-7-15/h1,3-4,9,15-16H,2,5-8,10H2. The van der Waals surface area contributed by atoms with Crippen molar-refractivity contribution in [3.63, 3.8) is 0 Å². The Balaban J connectivity index is 2.52. The molecule has 1 rings (SSSR count). The summed E-state index contributed by atoms with van der Waals surface area (Å²) in [6.07, 6.45) is 0.662. The molecule has 0 radical (unpaired) electrons. The first-order valence-electron chi connectivity index (χ1n) is 5.45. The van der Waals surface area contributed by atoms with Gasteiger partial charge in [0.15, 0.2) is 0 Å². The van der Waals surface area contributed by atoms with E-state index in [0.29, 0.717) is 26.1 Å². The van der Waals surface area contributed by atoms with Crippen LogP contribution in [0.25, 0.3) is 0 Å². The molecule has 4 heteroatoms. The van der Waals surface area contributed by atoms with E-state index in [0.717, 1.165) is 5.56 Å². The van der Waals surface area contributed by atoms with Crippen LogP contribution >= 0.6 is 0 Å². The lowest BCUT2D eigenvalue weighted by Crippen LogP contribution is -2.28. The van der Waals surface area contributed by atoms with E-state index in [4.69, 9.17) is 10.2 Å². The zero-order valence-electron chi connectivity index (χ0n) is 9.27. The zero-order valence-corrected chi connectivity index (χ0v) is 9.27. The fourth-order valence-electron chi connectivity index (χ4n) is 1.60. The molecule has 1 aromatic carbocycles. The first kappa shape index (κ1) is 13.1. The lowest BCUT2D eigenvalue weighted by atomic mass is 10.2. The Kier molecular flexibility index (Phi) is 6.00. The highest BCUT2D eigenvalue weighted by molar-refractivity contribution is 5.16. The molecule has 0 saturated carbocycles. The van der Waals surface area contributed by atoms with E-state index in [1.54, 1.807) is 6.07 Å². The molecule has 16 heavy (non-hydrogen) atoms. The van der Waals surface area contributed by atoms with Gasteiger partial charge in [0.05, 0.1) is 6.61 Å². The van der Waals surface area contributed by atoms with Gasteiger partial charge in [0, 0.05) is 26.2 Å². The maximum Gasteiger partial charge on any atom is 0.123 e. The third-order valence-electron chi connectivity index (χ3n) is 2.34. The normalized spacial score (nSPS) is 11.0. The summed E-state index contributed by atoms with van der Waals surface area (Å²) in [6, 6.07) is 6.43. The van der Waals surface area contributed by atoms with Gasteiger partial charge < -0.3 is 10.2 Å². The molecule has 0 saturated heterocycles. The van der Waals surface area contributed by atoms with Crippen molar-refractivity contribution in [2.24, 2.45) is 0 Å². The number of benzene rings is 1. The predicted molar refractivity (Wildman–Crippen MR) is 60.5 cm³/mol. The number of aliphatic hydroxyl groups is 2. The van der Waals surface area contributed by atoms with Gasteiger partial charge in [0.1, 0.15) is 5.82 Å². The Bertz CT molecular complexity index is 307. The summed E-state index contributed by atoms with van der Waals surface area (Å²) in [4.78, 5) is 1.99. The molecule has 0 amide bonds. The number of nitrogens with zero attached hydrogens (tertiary/aromatic N) is 1. The second-order valence-corrected chi connectivity index (χ2v) is 3.71. The average molecular weight is 227 g/mol. The molecule has 0 aromatic heterocycles. The monoisotopic (exact) mass is 227 g/mol. The van der Waals surface area contributed by atoms with Crippen LogP contribution in [0.3, 0.4) is 0 Å². The molecule has 0 aliphatic rings. The smallest absolute Gasteiger partial charge is 0.123 e. The molecular formula is C12H18FNO2. The topological polar surface area (TPSA) is 43.7 Å². The number of hydrogen-bond donors (Lipinski definition) is 2. The van der Waals surface area contributed by atoms with Gasteiger partial charge in [-0.1, -0.05) is 12.1 Å². The van der Waals surface area contributed by atoms with Gasteiger partial charge in [0.2, 0.25) is 0 Å². The number of halogens is 1. The summed E-state index contributed by atoms with van der Waals surface area (Å²) in [5.41, 5.74) is 0.881. The van der Waals surface area contributed by atoms with Crippen LogP contribution in [0.1, 0.15) is 12.0 Å². The third kappa shape index (κ3) is 4.70. The molecule has 0 unspecified atom stereocenters. The fourth-order valence-corrected chi connectivity index (χ4v) is 1.60. The van der Waals surface area contributed by atoms with Gasteiger partial charge in [0.25, 0.3) is 0 Å². The second kappa shape index (κ2) is 7.33. The van der Waals surface area contributed by atoms with Crippen molar-refractivity contribution in [2.75, 3.05) is 26.3 Å². The highest BCUT2D eigenvalue weighted by Gasteiger charge is 2.05. The van der Waals surface area contributed by atoms with Crippen molar-refractivity contribution in [1.29, 1.82) is 0 Å². The van der Waals surface area contributed by atoms with Gasteiger partial charge in [-0.3, -0.25) is 4.90 Å². The van der Waals surface area contributed by atoms with Crippen molar-refractivity contribution in [3.05, 3.63) is 35.6 Å². The maximum atomic E-state index is 12.9. The van der Waals surface area contributed by atoms with E-state index in [2.05, 4.69) is 0 Å². The molecule has 0 bridgehead atoms. The summed E-state index contributed by atoms with van der Waals surface area (Å²) in [7, 11) is 0. The highest BCUT2D eigenvalue weighted by atomic mass is 19.1. The Hall–Kier alpha value is -0.970. The number of hydrogen-bond acceptors (Lipinski definition) is 3. The lowest BCUT2D eigenvalue weighted by molar-refractivity contribution is 0.174. The van der Waals surface area contributed by atoms with E-state index in [1.807, 2.05) is 11.0 Å². The quantitative estimate of drug-likeness (QED) is 0.730. The highest BCUT2D eigenvalue weighted by Crippen LogP contribution is 2.07. The molecule has 0 fully saturated rings. The lowest BCUT2D eigenvalue weighted by Gasteiger charge is -2.20. The molecule has 90 valence electrons. The van der Waals surface area contributed by atoms with E-state index < -0.39 is 0 Å². The number of aliphatic hydroxyl groups excluding tert-OH is 2. The maximum absolute atomic E-state index is 12.9. The van der Waals surface area contributed by atoms with Gasteiger partial charge in [-0.2, -0.15) is 0 Å². The van der Waals surface area contributed by atoms with Crippen molar-refractivity contribution >= 4 is 0 Å².